The predicted octanol–water partition coefficient (Wildman–Crippen LogP) is 2.62. The van der Waals surface area contributed by atoms with Crippen molar-refractivity contribution in [2.75, 3.05) is 14.2 Å². The Morgan fingerprint density at radius 1 is 1.33 bits per heavy atom. The van der Waals surface area contributed by atoms with Crippen LogP contribution >= 0.6 is 0 Å². The van der Waals surface area contributed by atoms with E-state index < -0.39 is 6.10 Å². The molecule has 6 nitrogen and oxygen atoms in total. The molecule has 2 aromatic rings. The highest BCUT2D eigenvalue weighted by Gasteiger charge is 2.33. The highest BCUT2D eigenvalue weighted by Crippen LogP contribution is 2.48. The molecule has 6 heteroatoms. The van der Waals surface area contributed by atoms with Gasteiger partial charge in [0.25, 0.3) is 0 Å². The molecule has 0 bridgehead atoms. The van der Waals surface area contributed by atoms with Crippen LogP contribution in [-0.2, 0) is 16.0 Å². The number of ketones is 1. The predicted molar refractivity (Wildman–Crippen MR) is 86.9 cm³/mol. The fourth-order valence-electron chi connectivity index (χ4n) is 3.21. The number of Topliss-reactive ketones (excluding diaryl/α,β-unsaturated/α-hetero) is 1. The first-order valence-corrected chi connectivity index (χ1v) is 7.56. The number of carbonyl (C=O) groups excluding carboxylic acids is 2. The zero-order chi connectivity index (χ0) is 17.4. The van der Waals surface area contributed by atoms with Crippen LogP contribution in [0.25, 0.3) is 10.8 Å². The Labute approximate surface area is 138 Å². The van der Waals surface area contributed by atoms with E-state index in [9.17, 15) is 14.7 Å². The number of rotatable bonds is 4. The number of phenols is 1. The van der Waals surface area contributed by atoms with Gasteiger partial charge in [0.15, 0.2) is 5.78 Å². The zero-order valence-electron chi connectivity index (χ0n) is 13.7. The molecule has 1 atom stereocenters. The van der Waals surface area contributed by atoms with Crippen molar-refractivity contribution in [2.45, 2.75) is 25.9 Å². The summed E-state index contributed by atoms with van der Waals surface area (Å²) in [6, 6.07) is 5.28. The van der Waals surface area contributed by atoms with E-state index >= 15 is 0 Å². The minimum atomic E-state index is -0.429. The summed E-state index contributed by atoms with van der Waals surface area (Å²) in [5, 5.41) is 11.7. The molecule has 1 aliphatic rings. The number of hydrogen-bond acceptors (Lipinski definition) is 6. The van der Waals surface area contributed by atoms with Crippen molar-refractivity contribution in [1.29, 1.82) is 0 Å². The molecule has 1 aliphatic heterocycles. The van der Waals surface area contributed by atoms with Crippen LogP contribution in [0.1, 0.15) is 29.3 Å². The first-order valence-electron chi connectivity index (χ1n) is 7.56. The van der Waals surface area contributed by atoms with Gasteiger partial charge in [0.05, 0.1) is 31.6 Å². The maximum Gasteiger partial charge on any atom is 0.309 e. The lowest BCUT2D eigenvalue weighted by atomic mass is 9.93. The Kier molecular flexibility index (Phi) is 4.05. The van der Waals surface area contributed by atoms with Gasteiger partial charge in [-0.15, -0.1) is 0 Å². The van der Waals surface area contributed by atoms with E-state index in [2.05, 4.69) is 4.74 Å². The lowest BCUT2D eigenvalue weighted by Crippen LogP contribution is -2.19. The molecule has 0 aliphatic carbocycles. The highest BCUT2D eigenvalue weighted by atomic mass is 16.5. The summed E-state index contributed by atoms with van der Waals surface area (Å²) in [7, 11) is 2.81. The molecule has 0 saturated carbocycles. The Morgan fingerprint density at radius 2 is 2.08 bits per heavy atom. The number of esters is 1. The van der Waals surface area contributed by atoms with Crippen LogP contribution in [0.4, 0.5) is 0 Å². The van der Waals surface area contributed by atoms with Gasteiger partial charge in [-0.1, -0.05) is 12.1 Å². The van der Waals surface area contributed by atoms with Gasteiger partial charge < -0.3 is 19.3 Å². The summed E-state index contributed by atoms with van der Waals surface area (Å²) in [6.07, 6.45) is 0.0104. The van der Waals surface area contributed by atoms with Crippen LogP contribution < -0.4 is 9.47 Å². The summed E-state index contributed by atoms with van der Waals surface area (Å²) >= 11 is 0. The first kappa shape index (κ1) is 16.1. The van der Waals surface area contributed by atoms with Crippen molar-refractivity contribution in [2.24, 2.45) is 0 Å². The molecule has 3 rings (SSSR count). The first-order chi connectivity index (χ1) is 11.5. The van der Waals surface area contributed by atoms with Gasteiger partial charge in [0.2, 0.25) is 0 Å². The zero-order valence-corrected chi connectivity index (χ0v) is 13.7. The van der Waals surface area contributed by atoms with E-state index in [1.165, 1.54) is 21.1 Å². The molecule has 0 fully saturated rings. The second-order valence-corrected chi connectivity index (χ2v) is 5.69. The number of phenolic OH excluding ortho intramolecular Hbond substituents is 1. The minimum absolute atomic E-state index is 0.0781. The molecule has 1 N–H and O–H groups in total. The number of benzene rings is 2. The molecular weight excluding hydrogens is 312 g/mol. The fraction of sp³-hybridized carbons (Fsp3) is 0.333. The SMILES string of the molecule is COC(=O)CC1Cc2c(C(C)=O)c(O)c3c(OC)cccc3c2O1. The molecule has 1 unspecified atom stereocenters. The second-order valence-electron chi connectivity index (χ2n) is 5.69. The average Bonchev–Trinajstić information content (AvgIpc) is 2.97. The number of ether oxygens (including phenoxy) is 3. The minimum Gasteiger partial charge on any atom is -0.506 e. The Hall–Kier alpha value is -2.76. The van der Waals surface area contributed by atoms with Crippen LogP contribution in [0.5, 0.6) is 17.2 Å². The lowest BCUT2D eigenvalue weighted by Gasteiger charge is -2.14. The monoisotopic (exact) mass is 330 g/mol. The second kappa shape index (κ2) is 6.03. The molecule has 2 aromatic carbocycles. The summed E-state index contributed by atoms with van der Waals surface area (Å²) < 4.78 is 15.9. The lowest BCUT2D eigenvalue weighted by molar-refractivity contribution is -0.142. The Morgan fingerprint density at radius 3 is 2.71 bits per heavy atom. The Bertz CT molecular complexity index is 839. The van der Waals surface area contributed by atoms with Crippen molar-refractivity contribution >= 4 is 22.5 Å². The summed E-state index contributed by atoms with van der Waals surface area (Å²) in [5.74, 6) is 0.203. The van der Waals surface area contributed by atoms with Crippen LogP contribution in [0.15, 0.2) is 18.2 Å². The van der Waals surface area contributed by atoms with Crippen molar-refractivity contribution in [3.05, 3.63) is 29.3 Å². The van der Waals surface area contributed by atoms with Gasteiger partial charge in [-0.25, -0.2) is 0 Å². The summed E-state index contributed by atoms with van der Waals surface area (Å²) in [5.41, 5.74) is 0.837. The van der Waals surface area contributed by atoms with Crippen LogP contribution in [0.2, 0.25) is 0 Å². The third kappa shape index (κ3) is 2.44. The van der Waals surface area contributed by atoms with Crippen molar-refractivity contribution in [3.63, 3.8) is 0 Å². The number of methoxy groups -OCH3 is 2. The molecule has 0 radical (unpaired) electrons. The van der Waals surface area contributed by atoms with Crippen LogP contribution in [-0.4, -0.2) is 37.2 Å². The van der Waals surface area contributed by atoms with E-state index in [4.69, 9.17) is 9.47 Å². The smallest absolute Gasteiger partial charge is 0.309 e. The quantitative estimate of drug-likeness (QED) is 0.685. The molecule has 1 heterocycles. The van der Waals surface area contributed by atoms with E-state index in [0.717, 1.165) is 0 Å². The number of aromatic hydroxyl groups is 1. The fourth-order valence-corrected chi connectivity index (χ4v) is 3.21. The maximum absolute atomic E-state index is 12.1. The third-order valence-corrected chi connectivity index (χ3v) is 4.23. The largest absolute Gasteiger partial charge is 0.506 e. The normalized spacial score (nSPS) is 15.7. The van der Waals surface area contributed by atoms with Gasteiger partial charge in [-0.05, 0) is 13.0 Å². The number of hydrogen-bond donors (Lipinski definition) is 1. The summed E-state index contributed by atoms with van der Waals surface area (Å²) in [6.45, 7) is 1.39. The number of fused-ring (bicyclic) bond motifs is 3. The molecule has 0 amide bonds. The highest BCUT2D eigenvalue weighted by molar-refractivity contribution is 6.09. The van der Waals surface area contributed by atoms with E-state index in [1.807, 2.05) is 0 Å². The molecule has 126 valence electrons. The number of carbonyl (C=O) groups is 2. The van der Waals surface area contributed by atoms with E-state index in [1.54, 1.807) is 18.2 Å². The van der Waals surface area contributed by atoms with Gasteiger partial charge >= 0.3 is 5.97 Å². The standard InChI is InChI=1S/C18H18O6/c1-9(19)15-12-7-10(8-14(20)23-3)24-18(12)11-5-4-6-13(22-2)16(11)17(15)21/h4-6,10,21H,7-8H2,1-3H3. The maximum atomic E-state index is 12.1. The third-order valence-electron chi connectivity index (χ3n) is 4.23. The molecular formula is C18H18O6. The molecule has 0 saturated heterocycles. The van der Waals surface area contributed by atoms with Crippen molar-refractivity contribution in [1.82, 2.24) is 0 Å². The van der Waals surface area contributed by atoms with Gasteiger partial charge in [0.1, 0.15) is 23.4 Å². The van der Waals surface area contributed by atoms with Crippen molar-refractivity contribution in [3.8, 4) is 17.2 Å². The molecule has 0 aromatic heterocycles. The Balaban J connectivity index is 2.22. The van der Waals surface area contributed by atoms with Crippen molar-refractivity contribution < 1.29 is 28.9 Å². The van der Waals surface area contributed by atoms with Crippen LogP contribution in [0.3, 0.4) is 0 Å². The topological polar surface area (TPSA) is 82.1 Å². The molecule has 24 heavy (non-hydrogen) atoms. The molecule has 0 spiro atoms. The van der Waals surface area contributed by atoms with Crippen LogP contribution in [0, 0.1) is 0 Å². The summed E-state index contributed by atoms with van der Waals surface area (Å²) in [4.78, 5) is 23.6. The average molecular weight is 330 g/mol. The van der Waals surface area contributed by atoms with Gasteiger partial charge in [0, 0.05) is 17.4 Å². The van der Waals surface area contributed by atoms with Gasteiger partial charge in [-0.2, -0.15) is 0 Å². The van der Waals surface area contributed by atoms with E-state index in [-0.39, 0.29) is 29.5 Å². The van der Waals surface area contributed by atoms with E-state index in [0.29, 0.717) is 34.3 Å². The van der Waals surface area contributed by atoms with Gasteiger partial charge in [-0.3, -0.25) is 9.59 Å².